The van der Waals surface area contributed by atoms with Crippen molar-refractivity contribution in [2.75, 3.05) is 10.2 Å². The smallest absolute Gasteiger partial charge is 0.294 e. The molecule has 1 saturated heterocycles. The van der Waals surface area contributed by atoms with Gasteiger partial charge in [-0.25, -0.2) is 0 Å². The van der Waals surface area contributed by atoms with Crippen LogP contribution in [0.2, 0.25) is 0 Å². The van der Waals surface area contributed by atoms with Crippen LogP contribution in [0.1, 0.15) is 46.0 Å². The molecular weight excluding hydrogens is 322 g/mol. The number of benzene rings is 1. The summed E-state index contributed by atoms with van der Waals surface area (Å²) < 4.78 is 0. The number of nitro groups is 1. The van der Waals surface area contributed by atoms with Crippen LogP contribution >= 0.6 is 0 Å². The van der Waals surface area contributed by atoms with Crippen LogP contribution in [0, 0.1) is 22.0 Å². The van der Waals surface area contributed by atoms with E-state index in [2.05, 4.69) is 19.2 Å². The quantitative estimate of drug-likeness (QED) is 0.512. The molecule has 1 heterocycles. The molecule has 0 spiro atoms. The van der Waals surface area contributed by atoms with Gasteiger partial charge in [0.2, 0.25) is 11.8 Å². The first-order chi connectivity index (χ1) is 11.9. The lowest BCUT2D eigenvalue weighted by Crippen LogP contribution is -2.35. The van der Waals surface area contributed by atoms with Gasteiger partial charge in [0, 0.05) is 24.9 Å². The molecule has 0 unspecified atom stereocenters. The highest BCUT2D eigenvalue weighted by atomic mass is 16.6. The molecule has 3 rings (SSSR count). The lowest BCUT2D eigenvalue weighted by Gasteiger charge is -2.35. The monoisotopic (exact) mass is 345 g/mol. The van der Waals surface area contributed by atoms with E-state index in [9.17, 15) is 19.7 Å². The van der Waals surface area contributed by atoms with E-state index in [4.69, 9.17) is 0 Å². The van der Waals surface area contributed by atoms with Crippen molar-refractivity contribution in [1.29, 1.82) is 0 Å². The van der Waals surface area contributed by atoms with Gasteiger partial charge >= 0.3 is 0 Å². The van der Waals surface area contributed by atoms with Gasteiger partial charge < -0.3 is 5.32 Å². The van der Waals surface area contributed by atoms with Crippen molar-refractivity contribution in [2.24, 2.45) is 11.8 Å². The number of rotatable bonds is 4. The zero-order valence-corrected chi connectivity index (χ0v) is 14.5. The Morgan fingerprint density at radius 1 is 1.16 bits per heavy atom. The minimum Gasteiger partial charge on any atom is -0.376 e. The van der Waals surface area contributed by atoms with Crippen LogP contribution < -0.4 is 10.2 Å². The summed E-state index contributed by atoms with van der Waals surface area (Å²) in [6.45, 7) is 4.38. The second-order valence-electron chi connectivity index (χ2n) is 7.10. The topological polar surface area (TPSA) is 92.6 Å². The zero-order valence-electron chi connectivity index (χ0n) is 14.5. The van der Waals surface area contributed by atoms with Gasteiger partial charge in [-0.05, 0) is 30.4 Å². The Morgan fingerprint density at radius 2 is 1.84 bits per heavy atom. The molecule has 1 aromatic carbocycles. The summed E-state index contributed by atoms with van der Waals surface area (Å²) in [4.78, 5) is 35.8. The zero-order chi connectivity index (χ0) is 18.1. The van der Waals surface area contributed by atoms with E-state index >= 15 is 0 Å². The first kappa shape index (κ1) is 17.4. The Hall–Kier alpha value is -2.44. The third-order valence-electron chi connectivity index (χ3n) is 5.54. The molecule has 0 aromatic heterocycles. The van der Waals surface area contributed by atoms with Crippen molar-refractivity contribution in [3.8, 4) is 0 Å². The van der Waals surface area contributed by atoms with Crippen LogP contribution in [0.4, 0.5) is 17.1 Å². The second-order valence-corrected chi connectivity index (χ2v) is 7.10. The van der Waals surface area contributed by atoms with Crippen molar-refractivity contribution in [2.45, 2.75) is 52.0 Å². The van der Waals surface area contributed by atoms with E-state index < -0.39 is 4.92 Å². The van der Waals surface area contributed by atoms with E-state index in [1.807, 2.05) is 0 Å². The molecule has 0 bridgehead atoms. The molecule has 1 aliphatic heterocycles. The Labute approximate surface area is 146 Å². The summed E-state index contributed by atoms with van der Waals surface area (Å²) in [5, 5.41) is 14.8. The number of hydrogen-bond acceptors (Lipinski definition) is 5. The van der Waals surface area contributed by atoms with Gasteiger partial charge in [0.1, 0.15) is 5.69 Å². The summed E-state index contributed by atoms with van der Waals surface area (Å²) in [5.74, 6) is 0.378. The van der Waals surface area contributed by atoms with Crippen molar-refractivity contribution in [3.05, 3.63) is 28.3 Å². The summed E-state index contributed by atoms with van der Waals surface area (Å²) in [6, 6.07) is 4.72. The molecule has 7 heteroatoms. The SMILES string of the molecule is C[C@H]1[C@H](C)CCC[C@@H]1Nc1ccc(N2C(=O)CCC2=O)cc1[N+](=O)[O-]. The maximum absolute atomic E-state index is 11.9. The van der Waals surface area contributed by atoms with E-state index in [-0.39, 0.29) is 42.1 Å². The second kappa shape index (κ2) is 6.82. The molecule has 1 aliphatic carbocycles. The number of carbonyl (C=O) groups is 2. The molecule has 1 aromatic rings. The van der Waals surface area contributed by atoms with E-state index in [1.54, 1.807) is 12.1 Å². The Balaban J connectivity index is 1.88. The van der Waals surface area contributed by atoms with Crippen LogP contribution in [0.25, 0.3) is 0 Å². The molecule has 2 amide bonds. The fourth-order valence-electron chi connectivity index (χ4n) is 3.78. The number of nitrogens with zero attached hydrogens (tertiary/aromatic N) is 2. The van der Waals surface area contributed by atoms with E-state index in [0.29, 0.717) is 17.5 Å². The maximum Gasteiger partial charge on any atom is 0.294 e. The number of amides is 2. The largest absolute Gasteiger partial charge is 0.376 e. The van der Waals surface area contributed by atoms with Gasteiger partial charge in [0.15, 0.2) is 0 Å². The fourth-order valence-corrected chi connectivity index (χ4v) is 3.78. The highest BCUT2D eigenvalue weighted by Crippen LogP contribution is 2.36. The fraction of sp³-hybridized carbons (Fsp3) is 0.556. The third-order valence-corrected chi connectivity index (χ3v) is 5.54. The number of nitro benzene ring substituents is 1. The van der Waals surface area contributed by atoms with Crippen LogP contribution in [0.3, 0.4) is 0 Å². The number of anilines is 2. The highest BCUT2D eigenvalue weighted by molar-refractivity contribution is 6.20. The van der Waals surface area contributed by atoms with Crippen molar-refractivity contribution < 1.29 is 14.5 Å². The maximum atomic E-state index is 11.9. The van der Waals surface area contributed by atoms with Gasteiger partial charge in [-0.2, -0.15) is 0 Å². The number of carbonyl (C=O) groups excluding carboxylic acids is 2. The van der Waals surface area contributed by atoms with Crippen molar-refractivity contribution >= 4 is 28.9 Å². The lowest BCUT2D eigenvalue weighted by atomic mass is 9.78. The molecule has 1 saturated carbocycles. The summed E-state index contributed by atoms with van der Waals surface area (Å²) in [5.41, 5.74) is 0.615. The van der Waals surface area contributed by atoms with Crippen LogP contribution in [-0.4, -0.2) is 22.8 Å². The van der Waals surface area contributed by atoms with E-state index in [1.165, 1.54) is 12.5 Å². The molecule has 2 aliphatic rings. The summed E-state index contributed by atoms with van der Waals surface area (Å²) in [7, 11) is 0. The first-order valence-electron chi connectivity index (χ1n) is 8.79. The molecule has 25 heavy (non-hydrogen) atoms. The van der Waals surface area contributed by atoms with E-state index in [0.717, 1.165) is 17.7 Å². The Morgan fingerprint density at radius 3 is 2.48 bits per heavy atom. The summed E-state index contributed by atoms with van der Waals surface area (Å²) in [6.07, 6.45) is 3.58. The van der Waals surface area contributed by atoms with Crippen LogP contribution in [0.15, 0.2) is 18.2 Å². The molecule has 3 atom stereocenters. The lowest BCUT2D eigenvalue weighted by molar-refractivity contribution is -0.383. The van der Waals surface area contributed by atoms with Gasteiger partial charge in [-0.1, -0.05) is 26.7 Å². The average Bonchev–Trinajstić information content (AvgIpc) is 2.91. The average molecular weight is 345 g/mol. The predicted molar refractivity (Wildman–Crippen MR) is 94.4 cm³/mol. The molecule has 1 N–H and O–H groups in total. The summed E-state index contributed by atoms with van der Waals surface area (Å²) >= 11 is 0. The molecule has 7 nitrogen and oxygen atoms in total. The number of nitrogens with one attached hydrogen (secondary N) is 1. The minimum atomic E-state index is -0.465. The van der Waals surface area contributed by atoms with Crippen molar-refractivity contribution in [1.82, 2.24) is 0 Å². The Kier molecular flexibility index (Phi) is 4.74. The molecule has 0 radical (unpaired) electrons. The first-order valence-corrected chi connectivity index (χ1v) is 8.79. The normalized spacial score (nSPS) is 26.8. The highest BCUT2D eigenvalue weighted by Gasteiger charge is 2.33. The van der Waals surface area contributed by atoms with Crippen LogP contribution in [-0.2, 0) is 9.59 Å². The van der Waals surface area contributed by atoms with Gasteiger partial charge in [-0.3, -0.25) is 24.6 Å². The molecule has 2 fully saturated rings. The Bertz CT molecular complexity index is 702. The van der Waals surface area contributed by atoms with Crippen LogP contribution in [0.5, 0.6) is 0 Å². The van der Waals surface area contributed by atoms with Gasteiger partial charge in [0.05, 0.1) is 10.6 Å². The van der Waals surface area contributed by atoms with Gasteiger partial charge in [0.25, 0.3) is 5.69 Å². The number of hydrogen-bond donors (Lipinski definition) is 1. The predicted octanol–water partition coefficient (Wildman–Crippen LogP) is 3.48. The van der Waals surface area contributed by atoms with Gasteiger partial charge in [-0.15, -0.1) is 0 Å². The minimum absolute atomic E-state index is 0.101. The standard InChI is InChI=1S/C18H23N3O4/c1-11-4-3-5-14(12(11)2)19-15-7-6-13(10-16(15)21(24)25)20-17(22)8-9-18(20)23/h6-7,10-12,14,19H,3-5,8-9H2,1-2H3/t11-,12+,14+/m1/s1. The van der Waals surface area contributed by atoms with Crippen molar-refractivity contribution in [3.63, 3.8) is 0 Å². The molecule has 134 valence electrons. The molecular formula is C18H23N3O4. The number of imide groups is 1. The third kappa shape index (κ3) is 3.36.